The lowest BCUT2D eigenvalue weighted by atomic mass is 10.0. The first-order chi connectivity index (χ1) is 9.49. The van der Waals surface area contributed by atoms with Crippen molar-refractivity contribution < 1.29 is 4.39 Å². The number of halogens is 3. The summed E-state index contributed by atoms with van der Waals surface area (Å²) in [6.07, 6.45) is 0. The zero-order valence-corrected chi connectivity index (χ0v) is 12.8. The Balaban J connectivity index is 2.15. The van der Waals surface area contributed by atoms with E-state index in [1.807, 2.05) is 26.0 Å². The summed E-state index contributed by atoms with van der Waals surface area (Å²) in [4.78, 5) is 0. The van der Waals surface area contributed by atoms with Crippen molar-refractivity contribution in [2.45, 2.75) is 25.9 Å². The predicted molar refractivity (Wildman–Crippen MR) is 82.8 cm³/mol. The van der Waals surface area contributed by atoms with Crippen molar-refractivity contribution in [3.8, 4) is 0 Å². The summed E-state index contributed by atoms with van der Waals surface area (Å²) in [5.41, 5.74) is 1.59. The van der Waals surface area contributed by atoms with Crippen LogP contribution >= 0.6 is 23.2 Å². The van der Waals surface area contributed by atoms with Crippen LogP contribution in [-0.4, -0.2) is 0 Å². The Morgan fingerprint density at radius 2 is 1.60 bits per heavy atom. The second kappa shape index (κ2) is 6.57. The Labute approximate surface area is 128 Å². The second-order valence-electron chi connectivity index (χ2n) is 4.80. The van der Waals surface area contributed by atoms with E-state index in [-0.39, 0.29) is 17.9 Å². The van der Waals surface area contributed by atoms with E-state index >= 15 is 0 Å². The molecule has 0 spiro atoms. The lowest BCUT2D eigenvalue weighted by Gasteiger charge is -2.22. The van der Waals surface area contributed by atoms with Gasteiger partial charge >= 0.3 is 0 Å². The van der Waals surface area contributed by atoms with Crippen molar-refractivity contribution in [3.63, 3.8) is 0 Å². The van der Waals surface area contributed by atoms with Gasteiger partial charge in [0.25, 0.3) is 0 Å². The standard InChI is InChI=1S/C16H16Cl2FN/c1-10(13-8-7-12(17)9-15(13)18)20-11(2)14-5-3-4-6-16(14)19/h3-11,20H,1-2H3/t10?,11-/m1/s1. The Morgan fingerprint density at radius 1 is 0.950 bits per heavy atom. The molecule has 0 aromatic heterocycles. The molecule has 0 fully saturated rings. The van der Waals surface area contributed by atoms with E-state index in [2.05, 4.69) is 5.32 Å². The minimum Gasteiger partial charge on any atom is -0.303 e. The SMILES string of the molecule is CC(N[C@H](C)c1ccccc1F)c1ccc(Cl)cc1Cl. The zero-order chi connectivity index (χ0) is 14.7. The van der Waals surface area contributed by atoms with E-state index in [9.17, 15) is 4.39 Å². The highest BCUT2D eigenvalue weighted by Gasteiger charge is 2.15. The molecule has 0 saturated heterocycles. The van der Waals surface area contributed by atoms with Crippen molar-refractivity contribution in [1.82, 2.24) is 5.32 Å². The van der Waals surface area contributed by atoms with Crippen LogP contribution < -0.4 is 5.32 Å². The third-order valence-electron chi connectivity index (χ3n) is 3.30. The molecule has 2 aromatic rings. The summed E-state index contributed by atoms with van der Waals surface area (Å²) in [6, 6.07) is 12.0. The fourth-order valence-electron chi connectivity index (χ4n) is 2.23. The van der Waals surface area contributed by atoms with Crippen LogP contribution in [0.25, 0.3) is 0 Å². The lowest BCUT2D eigenvalue weighted by molar-refractivity contribution is 0.474. The van der Waals surface area contributed by atoms with Crippen LogP contribution in [0.1, 0.15) is 37.1 Å². The molecule has 2 aromatic carbocycles. The third kappa shape index (κ3) is 3.51. The largest absolute Gasteiger partial charge is 0.303 e. The Kier molecular flexibility index (Phi) is 5.03. The van der Waals surface area contributed by atoms with Crippen molar-refractivity contribution in [2.24, 2.45) is 0 Å². The first-order valence-corrected chi connectivity index (χ1v) is 7.20. The minimum absolute atomic E-state index is 0.00521. The van der Waals surface area contributed by atoms with Crippen LogP contribution in [0.15, 0.2) is 42.5 Å². The maximum Gasteiger partial charge on any atom is 0.127 e. The van der Waals surface area contributed by atoms with Crippen molar-refractivity contribution in [2.75, 3.05) is 0 Å². The molecule has 1 N–H and O–H groups in total. The average Bonchev–Trinajstić information content (AvgIpc) is 2.38. The molecule has 20 heavy (non-hydrogen) atoms. The smallest absolute Gasteiger partial charge is 0.127 e. The zero-order valence-electron chi connectivity index (χ0n) is 11.3. The van der Waals surface area contributed by atoms with Gasteiger partial charge in [-0.2, -0.15) is 0 Å². The van der Waals surface area contributed by atoms with Crippen molar-refractivity contribution in [3.05, 3.63) is 69.5 Å². The van der Waals surface area contributed by atoms with E-state index in [4.69, 9.17) is 23.2 Å². The highest BCUT2D eigenvalue weighted by atomic mass is 35.5. The number of hydrogen-bond donors (Lipinski definition) is 1. The molecule has 0 aliphatic rings. The normalized spacial score (nSPS) is 14.1. The highest BCUT2D eigenvalue weighted by Crippen LogP contribution is 2.28. The van der Waals surface area contributed by atoms with Gasteiger partial charge in [-0.1, -0.05) is 47.5 Å². The van der Waals surface area contributed by atoms with Gasteiger partial charge in [0.1, 0.15) is 5.82 Å². The number of benzene rings is 2. The summed E-state index contributed by atoms with van der Waals surface area (Å²) in [5, 5.41) is 4.56. The van der Waals surface area contributed by atoms with Gasteiger partial charge in [0.15, 0.2) is 0 Å². The summed E-state index contributed by atoms with van der Waals surface area (Å²) >= 11 is 12.1. The maximum atomic E-state index is 13.7. The lowest BCUT2D eigenvalue weighted by Crippen LogP contribution is -2.23. The van der Waals surface area contributed by atoms with E-state index < -0.39 is 0 Å². The predicted octanol–water partition coefficient (Wildman–Crippen LogP) is 5.54. The van der Waals surface area contributed by atoms with Gasteiger partial charge in [-0.25, -0.2) is 4.39 Å². The number of hydrogen-bond acceptors (Lipinski definition) is 1. The first-order valence-electron chi connectivity index (χ1n) is 6.44. The van der Waals surface area contributed by atoms with Crippen molar-refractivity contribution in [1.29, 1.82) is 0 Å². The summed E-state index contributed by atoms with van der Waals surface area (Å²) in [6.45, 7) is 3.92. The molecular formula is C16H16Cl2FN. The minimum atomic E-state index is -0.207. The number of rotatable bonds is 4. The maximum absolute atomic E-state index is 13.7. The van der Waals surface area contributed by atoms with Gasteiger partial charge in [0.2, 0.25) is 0 Å². The Bertz CT molecular complexity index is 601. The van der Waals surface area contributed by atoms with E-state index in [1.54, 1.807) is 24.3 Å². The number of nitrogens with one attached hydrogen (secondary N) is 1. The van der Waals surface area contributed by atoms with E-state index in [0.29, 0.717) is 15.6 Å². The van der Waals surface area contributed by atoms with Crippen LogP contribution in [-0.2, 0) is 0 Å². The Hall–Kier alpha value is -1.09. The van der Waals surface area contributed by atoms with Gasteiger partial charge in [-0.3, -0.25) is 0 Å². The van der Waals surface area contributed by atoms with Gasteiger partial charge in [0.05, 0.1) is 0 Å². The average molecular weight is 312 g/mol. The Morgan fingerprint density at radius 3 is 2.25 bits per heavy atom. The molecule has 2 rings (SSSR count). The molecule has 1 nitrogen and oxygen atoms in total. The van der Waals surface area contributed by atoms with Crippen LogP contribution in [0.3, 0.4) is 0 Å². The van der Waals surface area contributed by atoms with E-state index in [0.717, 1.165) is 5.56 Å². The summed E-state index contributed by atoms with van der Waals surface area (Å²) in [5.74, 6) is -0.207. The quantitative estimate of drug-likeness (QED) is 0.781. The summed E-state index contributed by atoms with van der Waals surface area (Å²) < 4.78 is 13.7. The topological polar surface area (TPSA) is 12.0 Å². The van der Waals surface area contributed by atoms with Crippen LogP contribution in [0.2, 0.25) is 10.0 Å². The molecular weight excluding hydrogens is 296 g/mol. The fourth-order valence-corrected chi connectivity index (χ4v) is 2.81. The summed E-state index contributed by atoms with van der Waals surface area (Å²) in [7, 11) is 0. The monoisotopic (exact) mass is 311 g/mol. The molecule has 2 atom stereocenters. The fraction of sp³-hybridized carbons (Fsp3) is 0.250. The molecule has 1 unspecified atom stereocenters. The molecule has 4 heteroatoms. The van der Waals surface area contributed by atoms with Crippen molar-refractivity contribution >= 4 is 23.2 Å². The molecule has 0 aliphatic carbocycles. The van der Waals surface area contributed by atoms with Gasteiger partial charge in [-0.05, 0) is 37.6 Å². The van der Waals surface area contributed by atoms with Gasteiger partial charge in [-0.15, -0.1) is 0 Å². The molecule has 0 aliphatic heterocycles. The van der Waals surface area contributed by atoms with Crippen LogP contribution in [0.5, 0.6) is 0 Å². The molecule has 0 amide bonds. The highest BCUT2D eigenvalue weighted by molar-refractivity contribution is 6.35. The molecule has 0 radical (unpaired) electrons. The van der Waals surface area contributed by atoms with E-state index in [1.165, 1.54) is 6.07 Å². The van der Waals surface area contributed by atoms with Crippen LogP contribution in [0, 0.1) is 5.82 Å². The second-order valence-corrected chi connectivity index (χ2v) is 5.64. The molecule has 0 bridgehead atoms. The first kappa shape index (κ1) is 15.3. The van der Waals surface area contributed by atoms with Gasteiger partial charge < -0.3 is 5.32 Å². The van der Waals surface area contributed by atoms with Gasteiger partial charge in [0, 0.05) is 27.7 Å². The van der Waals surface area contributed by atoms with Crippen LogP contribution in [0.4, 0.5) is 4.39 Å². The molecule has 106 valence electrons. The molecule has 0 heterocycles. The third-order valence-corrected chi connectivity index (χ3v) is 3.86. The molecule has 0 saturated carbocycles.